The summed E-state index contributed by atoms with van der Waals surface area (Å²) in [6.07, 6.45) is 2.54. The van der Waals surface area contributed by atoms with Gasteiger partial charge in [-0.3, -0.25) is 8.97 Å². The third-order valence-corrected chi connectivity index (χ3v) is 7.69. The molecule has 4 aromatic rings. The molecule has 10 heteroatoms. The van der Waals surface area contributed by atoms with Crippen LogP contribution in [-0.4, -0.2) is 31.8 Å². The summed E-state index contributed by atoms with van der Waals surface area (Å²) in [5, 5.41) is -0.230. The normalized spacial score (nSPS) is 12.7. The second-order valence-corrected chi connectivity index (χ2v) is 11.3. The lowest BCUT2D eigenvalue weighted by Gasteiger charge is -2.30. The van der Waals surface area contributed by atoms with Crippen LogP contribution in [0, 0.1) is 6.92 Å². The van der Waals surface area contributed by atoms with Crippen LogP contribution in [-0.2, 0) is 18.3 Å². The standard InChI is InChI=1S/C27H30N3O5PS/c1-18(2)34-36(31,35-19(3)4)25(33-27(37)32-22-14-12-20(5)13-15-22)24-23(21-10-7-6-8-11-21)29-26-28-16-9-17-30(24)26/h6-19,25H,1-5H3. The van der Waals surface area contributed by atoms with Crippen molar-refractivity contribution in [2.24, 2.45) is 0 Å². The number of rotatable bonds is 9. The molecule has 1 unspecified atom stereocenters. The van der Waals surface area contributed by atoms with Gasteiger partial charge < -0.3 is 18.5 Å². The molecule has 0 saturated carbocycles. The smallest absolute Gasteiger partial charge is 0.377 e. The zero-order valence-electron chi connectivity index (χ0n) is 21.4. The van der Waals surface area contributed by atoms with E-state index in [4.69, 9.17) is 35.7 Å². The fraction of sp³-hybridized carbons (Fsp3) is 0.296. The molecular formula is C27H30N3O5PS. The van der Waals surface area contributed by atoms with Crippen molar-refractivity contribution in [1.29, 1.82) is 0 Å². The van der Waals surface area contributed by atoms with Gasteiger partial charge in [-0.2, -0.15) is 0 Å². The van der Waals surface area contributed by atoms with Gasteiger partial charge in [0.25, 0.3) is 0 Å². The van der Waals surface area contributed by atoms with Crippen LogP contribution < -0.4 is 4.74 Å². The first-order valence-corrected chi connectivity index (χ1v) is 14.0. The fourth-order valence-corrected chi connectivity index (χ4v) is 6.24. The summed E-state index contributed by atoms with van der Waals surface area (Å²) in [5.74, 6) is -0.414. The Balaban J connectivity index is 1.88. The van der Waals surface area contributed by atoms with E-state index in [2.05, 4.69) is 4.98 Å². The number of aryl methyl sites for hydroxylation is 1. The molecule has 2 heterocycles. The number of nitrogens with zero attached hydrogens (tertiary/aromatic N) is 3. The number of aromatic nitrogens is 3. The number of benzene rings is 2. The predicted octanol–water partition coefficient (Wildman–Crippen LogP) is 7.13. The summed E-state index contributed by atoms with van der Waals surface area (Å²) >= 11 is 5.48. The van der Waals surface area contributed by atoms with Crippen LogP contribution in [0.3, 0.4) is 0 Å². The molecule has 1 atom stereocenters. The van der Waals surface area contributed by atoms with Gasteiger partial charge in [-0.1, -0.05) is 48.0 Å². The van der Waals surface area contributed by atoms with E-state index < -0.39 is 25.6 Å². The van der Waals surface area contributed by atoms with Crippen LogP contribution in [0.25, 0.3) is 17.0 Å². The Morgan fingerprint density at radius 2 is 1.59 bits per heavy atom. The van der Waals surface area contributed by atoms with Gasteiger partial charge in [-0.15, -0.1) is 0 Å². The minimum Gasteiger partial charge on any atom is -0.434 e. The first-order valence-electron chi connectivity index (χ1n) is 12.0. The summed E-state index contributed by atoms with van der Waals surface area (Å²) < 4.78 is 40.2. The first kappa shape index (κ1) is 26.9. The van der Waals surface area contributed by atoms with E-state index in [-0.39, 0.29) is 5.24 Å². The van der Waals surface area contributed by atoms with Gasteiger partial charge in [0.15, 0.2) is 0 Å². The molecule has 0 amide bonds. The second kappa shape index (κ2) is 11.5. The Morgan fingerprint density at radius 3 is 2.22 bits per heavy atom. The maximum atomic E-state index is 14.5. The highest BCUT2D eigenvalue weighted by molar-refractivity contribution is 7.79. The lowest BCUT2D eigenvalue weighted by atomic mass is 10.1. The Morgan fingerprint density at radius 1 is 0.946 bits per heavy atom. The molecule has 0 bridgehead atoms. The van der Waals surface area contributed by atoms with Gasteiger partial charge in [-0.25, -0.2) is 9.97 Å². The van der Waals surface area contributed by atoms with Gasteiger partial charge >= 0.3 is 12.8 Å². The molecule has 0 fully saturated rings. The average molecular weight is 540 g/mol. The van der Waals surface area contributed by atoms with Crippen LogP contribution in [0.4, 0.5) is 0 Å². The monoisotopic (exact) mass is 539 g/mol. The third kappa shape index (κ3) is 6.43. The van der Waals surface area contributed by atoms with E-state index in [0.717, 1.165) is 11.1 Å². The van der Waals surface area contributed by atoms with Crippen molar-refractivity contribution in [2.45, 2.75) is 52.7 Å². The molecule has 0 aliphatic heterocycles. The molecule has 0 N–H and O–H groups in total. The minimum absolute atomic E-state index is 0.230. The highest BCUT2D eigenvalue weighted by Crippen LogP contribution is 2.64. The molecule has 2 aromatic carbocycles. The van der Waals surface area contributed by atoms with Crippen LogP contribution >= 0.6 is 19.8 Å². The molecule has 0 spiro atoms. The van der Waals surface area contributed by atoms with Crippen molar-refractivity contribution in [3.05, 3.63) is 84.3 Å². The van der Waals surface area contributed by atoms with Crippen molar-refractivity contribution in [2.75, 3.05) is 0 Å². The van der Waals surface area contributed by atoms with Crippen molar-refractivity contribution < 1.29 is 23.1 Å². The summed E-state index contributed by atoms with van der Waals surface area (Å²) in [6.45, 7) is 9.10. The summed E-state index contributed by atoms with van der Waals surface area (Å²) in [4.78, 5) is 9.12. The molecular weight excluding hydrogens is 509 g/mol. The fourth-order valence-electron chi connectivity index (χ4n) is 3.76. The number of fused-ring (bicyclic) bond motifs is 1. The quantitative estimate of drug-likeness (QED) is 0.164. The lowest BCUT2D eigenvalue weighted by molar-refractivity contribution is 0.0968. The third-order valence-electron chi connectivity index (χ3n) is 5.15. The first-order chi connectivity index (χ1) is 17.7. The summed E-state index contributed by atoms with van der Waals surface area (Å²) in [5.41, 5.74) is 2.79. The second-order valence-electron chi connectivity index (χ2n) is 8.98. The largest absolute Gasteiger partial charge is 0.434 e. The van der Waals surface area contributed by atoms with Crippen LogP contribution in [0.1, 0.15) is 44.8 Å². The van der Waals surface area contributed by atoms with Gasteiger partial charge in [0.05, 0.1) is 17.9 Å². The van der Waals surface area contributed by atoms with E-state index in [0.29, 0.717) is 22.9 Å². The zero-order valence-corrected chi connectivity index (χ0v) is 23.1. The zero-order chi connectivity index (χ0) is 26.6. The lowest BCUT2D eigenvalue weighted by Crippen LogP contribution is -2.21. The summed E-state index contributed by atoms with van der Waals surface area (Å²) in [6, 6.07) is 18.6. The molecule has 0 aliphatic rings. The highest BCUT2D eigenvalue weighted by Gasteiger charge is 2.46. The van der Waals surface area contributed by atoms with Gasteiger partial charge in [0.2, 0.25) is 11.6 Å². The number of hydrogen-bond acceptors (Lipinski definition) is 8. The Bertz CT molecular complexity index is 1390. The van der Waals surface area contributed by atoms with Gasteiger partial charge in [0.1, 0.15) is 11.4 Å². The van der Waals surface area contributed by atoms with Crippen LogP contribution in [0.5, 0.6) is 5.75 Å². The molecule has 0 aliphatic carbocycles. The maximum Gasteiger partial charge on any atom is 0.377 e. The molecule has 4 rings (SSSR count). The number of hydrogen-bond donors (Lipinski definition) is 0. The van der Waals surface area contributed by atoms with Crippen LogP contribution in [0.15, 0.2) is 73.1 Å². The Hall–Kier alpha value is -3.10. The van der Waals surface area contributed by atoms with Crippen molar-refractivity contribution in [1.82, 2.24) is 14.4 Å². The van der Waals surface area contributed by atoms with E-state index in [1.54, 1.807) is 62.7 Å². The van der Waals surface area contributed by atoms with Gasteiger partial charge in [-0.05, 0) is 52.8 Å². The van der Waals surface area contributed by atoms with Crippen molar-refractivity contribution >= 4 is 30.8 Å². The SMILES string of the molecule is Cc1ccc(OC(=S)OC(c2c(-c3ccccc3)nc3ncccn23)P(=O)(OC(C)C)OC(C)C)cc1. The van der Waals surface area contributed by atoms with Crippen molar-refractivity contribution in [3.63, 3.8) is 0 Å². The number of ether oxygens (including phenoxy) is 2. The van der Waals surface area contributed by atoms with Crippen molar-refractivity contribution in [3.8, 4) is 17.0 Å². The minimum atomic E-state index is -4.03. The Kier molecular flexibility index (Phi) is 8.39. The molecule has 0 radical (unpaired) electrons. The predicted molar refractivity (Wildman–Crippen MR) is 147 cm³/mol. The molecule has 194 valence electrons. The Labute approximate surface area is 222 Å². The molecule has 0 saturated heterocycles. The molecule has 2 aromatic heterocycles. The van der Waals surface area contributed by atoms with E-state index in [1.807, 2.05) is 49.4 Å². The number of thiocarbonyl (C=S) groups is 1. The molecule has 8 nitrogen and oxygen atoms in total. The molecule has 37 heavy (non-hydrogen) atoms. The topological polar surface area (TPSA) is 84.2 Å². The average Bonchev–Trinajstić information content (AvgIpc) is 3.22. The van der Waals surface area contributed by atoms with Crippen LogP contribution in [0.2, 0.25) is 0 Å². The summed E-state index contributed by atoms with van der Waals surface area (Å²) in [7, 11) is -4.03. The van der Waals surface area contributed by atoms with E-state index in [1.165, 1.54) is 0 Å². The van der Waals surface area contributed by atoms with E-state index >= 15 is 0 Å². The van der Waals surface area contributed by atoms with E-state index in [9.17, 15) is 4.57 Å². The van der Waals surface area contributed by atoms with Gasteiger partial charge in [0, 0.05) is 30.2 Å². The highest BCUT2D eigenvalue weighted by atomic mass is 32.1. The number of imidazole rings is 1. The maximum absolute atomic E-state index is 14.5.